The van der Waals surface area contributed by atoms with E-state index in [0.29, 0.717) is 16.7 Å². The van der Waals surface area contributed by atoms with Gasteiger partial charge in [-0.15, -0.1) is 0 Å². The zero-order valence-electron chi connectivity index (χ0n) is 13.1. The first-order valence-electron chi connectivity index (χ1n) is 7.42. The fraction of sp³-hybridized carbons (Fsp3) is 0.235. The Balaban J connectivity index is 2.04. The summed E-state index contributed by atoms with van der Waals surface area (Å²) in [5.41, 5.74) is 2.47. The van der Waals surface area contributed by atoms with Crippen molar-refractivity contribution in [3.8, 4) is 0 Å². The largest absolute Gasteiger partial charge is 0.332 e. The Morgan fingerprint density at radius 3 is 2.43 bits per heavy atom. The fourth-order valence-electron chi connectivity index (χ4n) is 2.15. The topological polar surface area (TPSA) is 67.2 Å². The first-order chi connectivity index (χ1) is 11.0. The third-order valence-electron chi connectivity index (χ3n) is 3.70. The summed E-state index contributed by atoms with van der Waals surface area (Å²) in [5.74, 6) is 0.515. The molecule has 23 heavy (non-hydrogen) atoms. The van der Waals surface area contributed by atoms with Gasteiger partial charge < -0.3 is 10.6 Å². The summed E-state index contributed by atoms with van der Waals surface area (Å²) in [5, 5.41) is 17.2. The normalized spacial score (nSPS) is 11.6. The Morgan fingerprint density at radius 2 is 1.83 bits per heavy atom. The molecule has 2 aromatic carbocycles. The molecule has 0 saturated carbocycles. The highest BCUT2D eigenvalue weighted by molar-refractivity contribution is 7.80. The third-order valence-corrected chi connectivity index (χ3v) is 3.90. The number of para-hydroxylation sites is 2. The van der Waals surface area contributed by atoms with Gasteiger partial charge in [0.15, 0.2) is 5.11 Å². The first kappa shape index (κ1) is 16.9. The molecule has 1 unspecified atom stereocenters. The minimum absolute atomic E-state index is 0.0104. The SMILES string of the molecule is CCC(C)c1ccc(NC(=S)Nc2ccccc2[N+](=O)[O-])cc1. The van der Waals surface area contributed by atoms with Gasteiger partial charge in [-0.05, 0) is 48.3 Å². The molecule has 0 aromatic heterocycles. The summed E-state index contributed by atoms with van der Waals surface area (Å²) >= 11 is 5.23. The monoisotopic (exact) mass is 329 g/mol. The smallest absolute Gasteiger partial charge is 0.292 e. The molecule has 0 aliphatic heterocycles. The average Bonchev–Trinajstić information content (AvgIpc) is 2.55. The van der Waals surface area contributed by atoms with Crippen LogP contribution in [0.3, 0.4) is 0 Å². The van der Waals surface area contributed by atoms with Crippen molar-refractivity contribution in [1.82, 2.24) is 0 Å². The Hall–Kier alpha value is -2.47. The van der Waals surface area contributed by atoms with Gasteiger partial charge in [-0.2, -0.15) is 0 Å². The molecule has 1 atom stereocenters. The van der Waals surface area contributed by atoms with Crippen molar-refractivity contribution in [2.24, 2.45) is 0 Å². The highest BCUT2D eigenvalue weighted by Crippen LogP contribution is 2.24. The molecule has 0 bridgehead atoms. The number of thiocarbonyl (C=S) groups is 1. The molecule has 120 valence electrons. The summed E-state index contributed by atoms with van der Waals surface area (Å²) in [6, 6.07) is 14.4. The summed E-state index contributed by atoms with van der Waals surface area (Å²) < 4.78 is 0. The second-order valence-corrected chi connectivity index (χ2v) is 5.69. The van der Waals surface area contributed by atoms with E-state index in [0.717, 1.165) is 12.1 Å². The first-order valence-corrected chi connectivity index (χ1v) is 7.83. The van der Waals surface area contributed by atoms with Crippen LogP contribution in [0.25, 0.3) is 0 Å². The number of nitro groups is 1. The van der Waals surface area contributed by atoms with E-state index in [4.69, 9.17) is 12.2 Å². The van der Waals surface area contributed by atoms with Gasteiger partial charge in [-0.3, -0.25) is 10.1 Å². The van der Waals surface area contributed by atoms with Gasteiger partial charge in [0.2, 0.25) is 0 Å². The zero-order chi connectivity index (χ0) is 16.8. The van der Waals surface area contributed by atoms with Crippen LogP contribution in [0.4, 0.5) is 17.1 Å². The van der Waals surface area contributed by atoms with Gasteiger partial charge in [-0.25, -0.2) is 0 Å². The van der Waals surface area contributed by atoms with Crippen molar-refractivity contribution in [3.63, 3.8) is 0 Å². The number of nitrogens with one attached hydrogen (secondary N) is 2. The fourth-order valence-corrected chi connectivity index (χ4v) is 2.38. The average molecular weight is 329 g/mol. The summed E-state index contributed by atoms with van der Waals surface area (Å²) in [6.45, 7) is 4.34. The molecule has 0 fully saturated rings. The lowest BCUT2D eigenvalue weighted by Gasteiger charge is -2.13. The Morgan fingerprint density at radius 1 is 1.17 bits per heavy atom. The molecule has 0 aliphatic rings. The van der Waals surface area contributed by atoms with E-state index in [1.165, 1.54) is 11.6 Å². The van der Waals surface area contributed by atoms with Gasteiger partial charge in [0.1, 0.15) is 5.69 Å². The molecule has 0 amide bonds. The van der Waals surface area contributed by atoms with Crippen LogP contribution in [-0.2, 0) is 0 Å². The number of hydrogen-bond acceptors (Lipinski definition) is 3. The number of hydrogen-bond donors (Lipinski definition) is 2. The quantitative estimate of drug-likeness (QED) is 0.463. The van der Waals surface area contributed by atoms with Crippen molar-refractivity contribution in [2.45, 2.75) is 26.2 Å². The molecule has 0 saturated heterocycles. The van der Waals surface area contributed by atoms with Crippen LogP contribution in [0.2, 0.25) is 0 Å². The minimum atomic E-state index is -0.439. The van der Waals surface area contributed by atoms with Gasteiger partial charge >= 0.3 is 0 Å². The summed E-state index contributed by atoms with van der Waals surface area (Å²) in [7, 11) is 0. The summed E-state index contributed by atoms with van der Waals surface area (Å²) in [6.07, 6.45) is 1.09. The number of anilines is 2. The Labute approximate surface area is 140 Å². The second-order valence-electron chi connectivity index (χ2n) is 5.28. The van der Waals surface area contributed by atoms with Gasteiger partial charge in [-0.1, -0.05) is 38.1 Å². The Bertz CT molecular complexity index is 701. The molecular weight excluding hydrogens is 310 g/mol. The maximum atomic E-state index is 11.0. The van der Waals surface area contributed by atoms with Crippen LogP contribution in [0.15, 0.2) is 48.5 Å². The molecule has 0 radical (unpaired) electrons. The lowest BCUT2D eigenvalue weighted by molar-refractivity contribution is -0.383. The van der Waals surface area contributed by atoms with Crippen molar-refractivity contribution in [1.29, 1.82) is 0 Å². The lowest BCUT2D eigenvalue weighted by Crippen LogP contribution is -2.19. The van der Waals surface area contributed by atoms with E-state index in [1.807, 2.05) is 12.1 Å². The van der Waals surface area contributed by atoms with E-state index in [1.54, 1.807) is 18.2 Å². The molecule has 0 heterocycles. The highest BCUT2D eigenvalue weighted by atomic mass is 32.1. The molecule has 0 aliphatic carbocycles. The Kier molecular flexibility index (Phi) is 5.65. The molecule has 2 N–H and O–H groups in total. The number of benzene rings is 2. The van der Waals surface area contributed by atoms with Crippen molar-refractivity contribution >= 4 is 34.4 Å². The minimum Gasteiger partial charge on any atom is -0.332 e. The van der Waals surface area contributed by atoms with Crippen molar-refractivity contribution in [2.75, 3.05) is 10.6 Å². The molecule has 2 aromatic rings. The van der Waals surface area contributed by atoms with Crippen LogP contribution >= 0.6 is 12.2 Å². The number of nitrogens with zero attached hydrogens (tertiary/aromatic N) is 1. The van der Waals surface area contributed by atoms with Crippen molar-refractivity contribution < 1.29 is 4.92 Å². The van der Waals surface area contributed by atoms with Gasteiger partial charge in [0.25, 0.3) is 5.69 Å². The van der Waals surface area contributed by atoms with E-state index >= 15 is 0 Å². The van der Waals surface area contributed by atoms with Crippen LogP contribution < -0.4 is 10.6 Å². The van der Waals surface area contributed by atoms with Gasteiger partial charge in [0.05, 0.1) is 4.92 Å². The maximum Gasteiger partial charge on any atom is 0.292 e. The van der Waals surface area contributed by atoms with Gasteiger partial charge in [0, 0.05) is 11.8 Å². The molecule has 2 rings (SSSR count). The number of nitro benzene ring substituents is 1. The predicted molar refractivity (Wildman–Crippen MR) is 98.1 cm³/mol. The van der Waals surface area contributed by atoms with E-state index in [-0.39, 0.29) is 5.69 Å². The molecule has 6 heteroatoms. The van der Waals surface area contributed by atoms with E-state index in [9.17, 15) is 10.1 Å². The zero-order valence-corrected chi connectivity index (χ0v) is 13.9. The lowest BCUT2D eigenvalue weighted by atomic mass is 9.99. The summed E-state index contributed by atoms with van der Waals surface area (Å²) in [4.78, 5) is 10.6. The standard InChI is InChI=1S/C17H19N3O2S/c1-3-12(2)13-8-10-14(11-9-13)18-17(23)19-15-6-4-5-7-16(15)20(21)22/h4-12H,3H2,1-2H3,(H2,18,19,23). The van der Waals surface area contributed by atoms with E-state index in [2.05, 4.69) is 36.6 Å². The van der Waals surface area contributed by atoms with Crippen LogP contribution in [0, 0.1) is 10.1 Å². The molecule has 0 spiro atoms. The second kappa shape index (κ2) is 7.69. The third kappa shape index (κ3) is 4.50. The molecule has 5 nitrogen and oxygen atoms in total. The predicted octanol–water partition coefficient (Wildman–Crippen LogP) is 4.92. The van der Waals surface area contributed by atoms with E-state index < -0.39 is 4.92 Å². The number of rotatable bonds is 5. The van der Waals surface area contributed by atoms with Crippen molar-refractivity contribution in [3.05, 3.63) is 64.2 Å². The highest BCUT2D eigenvalue weighted by Gasteiger charge is 2.13. The van der Waals surface area contributed by atoms with Crippen LogP contribution in [0.5, 0.6) is 0 Å². The molecular formula is C17H19N3O2S. The van der Waals surface area contributed by atoms with Crippen LogP contribution in [-0.4, -0.2) is 10.0 Å². The van der Waals surface area contributed by atoms with Crippen LogP contribution in [0.1, 0.15) is 31.7 Å². The maximum absolute atomic E-state index is 11.0.